The van der Waals surface area contributed by atoms with E-state index in [2.05, 4.69) is 0 Å². The summed E-state index contributed by atoms with van der Waals surface area (Å²) in [5.74, 6) is -0.964. The highest BCUT2D eigenvalue weighted by Crippen LogP contribution is 2.33. The van der Waals surface area contributed by atoms with Gasteiger partial charge in [0.15, 0.2) is 0 Å². The summed E-state index contributed by atoms with van der Waals surface area (Å²) >= 11 is 0. The molecule has 104 valence electrons. The molecule has 0 saturated carbocycles. The SMILES string of the molecule is CC(C)(C)OC(=O)N1C(C(=O)O)CCCC1(C)C. The number of rotatable bonds is 1. The molecule has 0 bridgehead atoms. The molecule has 1 heterocycles. The molecule has 0 spiro atoms. The fourth-order valence-corrected chi connectivity index (χ4v) is 2.32. The lowest BCUT2D eigenvalue weighted by Crippen LogP contribution is -2.59. The maximum atomic E-state index is 12.2. The molecule has 0 aromatic carbocycles. The number of hydrogen-bond donors (Lipinski definition) is 1. The van der Waals surface area contributed by atoms with Crippen molar-refractivity contribution < 1.29 is 19.4 Å². The molecule has 1 fully saturated rings. The summed E-state index contributed by atoms with van der Waals surface area (Å²) in [5, 5.41) is 9.24. The van der Waals surface area contributed by atoms with Crippen molar-refractivity contribution in [1.82, 2.24) is 4.90 Å². The van der Waals surface area contributed by atoms with Crippen LogP contribution >= 0.6 is 0 Å². The van der Waals surface area contributed by atoms with Crippen LogP contribution < -0.4 is 0 Å². The Hall–Kier alpha value is -1.26. The van der Waals surface area contributed by atoms with Crippen LogP contribution in [-0.2, 0) is 9.53 Å². The second-order valence-electron chi connectivity index (χ2n) is 6.41. The van der Waals surface area contributed by atoms with Crippen molar-refractivity contribution in [3.63, 3.8) is 0 Å². The van der Waals surface area contributed by atoms with Gasteiger partial charge in [-0.2, -0.15) is 0 Å². The zero-order valence-electron chi connectivity index (χ0n) is 11.8. The number of aliphatic carboxylic acids is 1. The smallest absolute Gasteiger partial charge is 0.411 e. The van der Waals surface area contributed by atoms with Crippen molar-refractivity contribution in [3.8, 4) is 0 Å². The average molecular weight is 257 g/mol. The van der Waals surface area contributed by atoms with Crippen LogP contribution in [0.1, 0.15) is 53.9 Å². The summed E-state index contributed by atoms with van der Waals surface area (Å²) in [5.41, 5.74) is -1.10. The van der Waals surface area contributed by atoms with Gasteiger partial charge in [-0.25, -0.2) is 9.59 Å². The number of amides is 1. The molecular weight excluding hydrogens is 234 g/mol. The molecule has 1 aliphatic rings. The molecule has 1 rings (SSSR count). The summed E-state index contributed by atoms with van der Waals surface area (Å²) in [7, 11) is 0. The van der Waals surface area contributed by atoms with Crippen LogP contribution in [0.4, 0.5) is 4.79 Å². The molecule has 5 heteroatoms. The molecule has 0 radical (unpaired) electrons. The summed E-state index contributed by atoms with van der Waals surface area (Å²) in [6, 6.07) is -0.788. The zero-order chi connectivity index (χ0) is 14.1. The minimum atomic E-state index is -0.964. The normalized spacial score (nSPS) is 23.6. The number of carboxylic acid groups (broad SMARTS) is 1. The summed E-state index contributed by atoms with van der Waals surface area (Å²) in [6.45, 7) is 9.09. The molecule has 0 aliphatic carbocycles. The van der Waals surface area contributed by atoms with Crippen molar-refractivity contribution in [1.29, 1.82) is 0 Å². The Kier molecular flexibility index (Phi) is 3.93. The highest BCUT2D eigenvalue weighted by atomic mass is 16.6. The van der Waals surface area contributed by atoms with E-state index in [1.54, 1.807) is 20.8 Å². The first kappa shape index (κ1) is 14.8. The maximum Gasteiger partial charge on any atom is 0.411 e. The predicted octanol–water partition coefficient (Wildman–Crippen LogP) is 2.64. The van der Waals surface area contributed by atoms with Crippen molar-refractivity contribution in [2.45, 2.75) is 71.1 Å². The first-order valence-corrected chi connectivity index (χ1v) is 6.30. The van der Waals surface area contributed by atoms with Gasteiger partial charge in [0.25, 0.3) is 0 Å². The van der Waals surface area contributed by atoms with Crippen molar-refractivity contribution >= 4 is 12.1 Å². The third-order valence-electron chi connectivity index (χ3n) is 3.11. The topological polar surface area (TPSA) is 66.8 Å². The molecular formula is C13H23NO4. The molecule has 1 saturated heterocycles. The summed E-state index contributed by atoms with van der Waals surface area (Å²) in [4.78, 5) is 24.8. The minimum Gasteiger partial charge on any atom is -0.480 e. The van der Waals surface area contributed by atoms with Gasteiger partial charge in [-0.1, -0.05) is 0 Å². The first-order valence-electron chi connectivity index (χ1n) is 6.30. The average Bonchev–Trinajstić information content (AvgIpc) is 2.12. The summed E-state index contributed by atoms with van der Waals surface area (Å²) in [6.07, 6.45) is 1.54. The van der Waals surface area contributed by atoms with Gasteiger partial charge in [0, 0.05) is 5.54 Å². The van der Waals surface area contributed by atoms with Crippen LogP contribution in [-0.4, -0.2) is 39.3 Å². The fraction of sp³-hybridized carbons (Fsp3) is 0.846. The van der Waals surface area contributed by atoms with Crippen LogP contribution in [0, 0.1) is 0 Å². The van der Waals surface area contributed by atoms with E-state index in [0.717, 1.165) is 12.8 Å². The number of carbonyl (C=O) groups excluding carboxylic acids is 1. The highest BCUT2D eigenvalue weighted by Gasteiger charge is 2.44. The number of ether oxygens (including phenoxy) is 1. The quantitative estimate of drug-likeness (QED) is 0.784. The Labute approximate surface area is 108 Å². The highest BCUT2D eigenvalue weighted by molar-refractivity contribution is 5.81. The molecule has 1 amide bonds. The number of carboxylic acids is 1. The van der Waals surface area contributed by atoms with Crippen LogP contribution in [0.15, 0.2) is 0 Å². The Morgan fingerprint density at radius 3 is 2.33 bits per heavy atom. The van der Waals surface area contributed by atoms with Crippen LogP contribution in [0.2, 0.25) is 0 Å². The zero-order valence-corrected chi connectivity index (χ0v) is 11.8. The standard InChI is InChI=1S/C13H23NO4/c1-12(2,3)18-11(17)14-9(10(15)16)7-6-8-13(14,4)5/h9H,6-8H2,1-5H3,(H,15,16). The van der Waals surface area contributed by atoms with Gasteiger partial charge in [0.1, 0.15) is 11.6 Å². The lowest BCUT2D eigenvalue weighted by atomic mass is 9.86. The van der Waals surface area contributed by atoms with Crippen LogP contribution in [0.3, 0.4) is 0 Å². The molecule has 5 nitrogen and oxygen atoms in total. The fourth-order valence-electron chi connectivity index (χ4n) is 2.32. The van der Waals surface area contributed by atoms with Gasteiger partial charge in [0.05, 0.1) is 0 Å². The maximum absolute atomic E-state index is 12.2. The third kappa shape index (κ3) is 3.37. The van der Waals surface area contributed by atoms with Gasteiger partial charge in [-0.3, -0.25) is 4.90 Å². The number of hydrogen-bond acceptors (Lipinski definition) is 3. The Morgan fingerprint density at radius 2 is 1.89 bits per heavy atom. The van der Waals surface area contributed by atoms with Gasteiger partial charge in [0.2, 0.25) is 0 Å². The van der Waals surface area contributed by atoms with Gasteiger partial charge >= 0.3 is 12.1 Å². The molecule has 1 unspecified atom stereocenters. The Balaban J connectivity index is 2.97. The minimum absolute atomic E-state index is 0.482. The number of likely N-dealkylation sites (tertiary alicyclic amines) is 1. The van der Waals surface area contributed by atoms with Crippen molar-refractivity contribution in [3.05, 3.63) is 0 Å². The van der Waals surface area contributed by atoms with E-state index in [1.165, 1.54) is 4.90 Å². The molecule has 18 heavy (non-hydrogen) atoms. The van der Waals surface area contributed by atoms with E-state index in [0.29, 0.717) is 6.42 Å². The molecule has 1 aliphatic heterocycles. The molecule has 1 N–H and O–H groups in total. The third-order valence-corrected chi connectivity index (χ3v) is 3.11. The summed E-state index contributed by atoms with van der Waals surface area (Å²) < 4.78 is 5.32. The van der Waals surface area contributed by atoms with Crippen LogP contribution in [0.25, 0.3) is 0 Å². The Bertz CT molecular complexity index is 343. The van der Waals surface area contributed by atoms with Gasteiger partial charge < -0.3 is 9.84 Å². The number of nitrogens with zero attached hydrogens (tertiary/aromatic N) is 1. The largest absolute Gasteiger partial charge is 0.480 e. The number of carbonyl (C=O) groups is 2. The van der Waals surface area contributed by atoms with Gasteiger partial charge in [-0.05, 0) is 53.9 Å². The second kappa shape index (κ2) is 4.78. The molecule has 0 aromatic heterocycles. The molecule has 0 aromatic rings. The van der Waals surface area contributed by atoms with Crippen molar-refractivity contribution in [2.24, 2.45) is 0 Å². The monoisotopic (exact) mass is 257 g/mol. The van der Waals surface area contributed by atoms with E-state index < -0.39 is 29.2 Å². The van der Waals surface area contributed by atoms with E-state index in [4.69, 9.17) is 4.74 Å². The van der Waals surface area contributed by atoms with Gasteiger partial charge in [-0.15, -0.1) is 0 Å². The lowest BCUT2D eigenvalue weighted by Gasteiger charge is -2.46. The Morgan fingerprint density at radius 1 is 1.33 bits per heavy atom. The number of piperidine rings is 1. The van der Waals surface area contributed by atoms with E-state index >= 15 is 0 Å². The van der Waals surface area contributed by atoms with Crippen LogP contribution in [0.5, 0.6) is 0 Å². The predicted molar refractivity (Wildman–Crippen MR) is 67.4 cm³/mol. The first-order chi connectivity index (χ1) is 8.04. The molecule has 1 atom stereocenters. The second-order valence-corrected chi connectivity index (χ2v) is 6.41. The van der Waals surface area contributed by atoms with E-state index in [1.807, 2.05) is 13.8 Å². The van der Waals surface area contributed by atoms with E-state index in [-0.39, 0.29) is 0 Å². The lowest BCUT2D eigenvalue weighted by molar-refractivity contribution is -0.147. The van der Waals surface area contributed by atoms with E-state index in [9.17, 15) is 14.7 Å². The van der Waals surface area contributed by atoms with Crippen molar-refractivity contribution in [2.75, 3.05) is 0 Å².